The number of methoxy groups -OCH3 is 1. The second-order valence-corrected chi connectivity index (χ2v) is 4.56. The number of hydrogen-bond donors (Lipinski definition) is 0. The molecule has 2 atom stereocenters. The molecule has 15 heavy (non-hydrogen) atoms. The third kappa shape index (κ3) is 0.975. The molecule has 0 aromatic heterocycles. The number of fused-ring (bicyclic) bond motifs is 5. The van der Waals surface area contributed by atoms with Crippen LogP contribution in [0.25, 0.3) is 0 Å². The first-order valence-corrected chi connectivity index (χ1v) is 5.17. The Morgan fingerprint density at radius 3 is 2.40 bits per heavy atom. The van der Waals surface area contributed by atoms with E-state index in [1.807, 2.05) is 6.07 Å². The molecule has 0 N–H and O–H groups in total. The average Bonchev–Trinajstić information content (AvgIpc) is 2.66. The standard InChI is InChI=1S/C13H14O2/c1-12-6-7-13(2,15-12)11-8-9(14-3)4-5-10(11)12/h4-8H,1-3H3. The summed E-state index contributed by atoms with van der Waals surface area (Å²) in [5.74, 6) is 0.892. The van der Waals surface area contributed by atoms with Crippen LogP contribution in [-0.2, 0) is 15.9 Å². The lowest BCUT2D eigenvalue weighted by Crippen LogP contribution is -2.17. The van der Waals surface area contributed by atoms with Crippen molar-refractivity contribution in [3.63, 3.8) is 0 Å². The number of hydrogen-bond acceptors (Lipinski definition) is 2. The first-order valence-electron chi connectivity index (χ1n) is 5.17. The molecule has 0 spiro atoms. The van der Waals surface area contributed by atoms with E-state index < -0.39 is 0 Å². The fourth-order valence-corrected chi connectivity index (χ4v) is 2.61. The number of rotatable bonds is 1. The van der Waals surface area contributed by atoms with E-state index >= 15 is 0 Å². The molecule has 2 aliphatic rings. The van der Waals surface area contributed by atoms with Crippen LogP contribution < -0.4 is 4.74 Å². The Bertz CT molecular complexity index is 464. The number of ether oxygens (including phenoxy) is 2. The maximum absolute atomic E-state index is 6.05. The second kappa shape index (κ2) is 2.45. The molecule has 0 radical (unpaired) electrons. The van der Waals surface area contributed by atoms with E-state index in [-0.39, 0.29) is 11.2 Å². The van der Waals surface area contributed by atoms with Crippen LogP contribution in [0.4, 0.5) is 0 Å². The van der Waals surface area contributed by atoms with Crippen LogP contribution in [0.1, 0.15) is 25.0 Å². The van der Waals surface area contributed by atoms with Crippen LogP contribution >= 0.6 is 0 Å². The summed E-state index contributed by atoms with van der Waals surface area (Å²) in [6.07, 6.45) is 4.27. The van der Waals surface area contributed by atoms with E-state index in [9.17, 15) is 0 Å². The quantitative estimate of drug-likeness (QED) is 0.652. The van der Waals surface area contributed by atoms with E-state index in [2.05, 4.69) is 38.1 Å². The van der Waals surface area contributed by atoms with Gasteiger partial charge in [-0.3, -0.25) is 0 Å². The van der Waals surface area contributed by atoms with Crippen molar-refractivity contribution in [1.82, 2.24) is 0 Å². The van der Waals surface area contributed by atoms with Crippen molar-refractivity contribution in [3.8, 4) is 5.75 Å². The van der Waals surface area contributed by atoms with Gasteiger partial charge in [0.15, 0.2) is 0 Å². The van der Waals surface area contributed by atoms with Crippen molar-refractivity contribution >= 4 is 0 Å². The third-order valence-corrected chi connectivity index (χ3v) is 3.44. The summed E-state index contributed by atoms with van der Waals surface area (Å²) in [7, 11) is 1.69. The van der Waals surface area contributed by atoms with Crippen LogP contribution in [-0.4, -0.2) is 7.11 Å². The summed E-state index contributed by atoms with van der Waals surface area (Å²) in [6, 6.07) is 6.17. The molecule has 1 aromatic rings. The van der Waals surface area contributed by atoms with Gasteiger partial charge in [-0.05, 0) is 49.3 Å². The molecule has 2 aliphatic heterocycles. The predicted molar refractivity (Wildman–Crippen MR) is 57.9 cm³/mol. The summed E-state index contributed by atoms with van der Waals surface area (Å²) in [6.45, 7) is 4.20. The largest absolute Gasteiger partial charge is 0.497 e. The number of benzene rings is 1. The maximum atomic E-state index is 6.05. The minimum atomic E-state index is -0.265. The van der Waals surface area contributed by atoms with Crippen molar-refractivity contribution < 1.29 is 9.47 Å². The van der Waals surface area contributed by atoms with Gasteiger partial charge in [0.1, 0.15) is 17.0 Å². The monoisotopic (exact) mass is 202 g/mol. The Morgan fingerprint density at radius 2 is 1.73 bits per heavy atom. The van der Waals surface area contributed by atoms with Gasteiger partial charge in [-0.2, -0.15) is 0 Å². The van der Waals surface area contributed by atoms with Crippen molar-refractivity contribution in [2.24, 2.45) is 0 Å². The molecule has 0 aliphatic carbocycles. The van der Waals surface area contributed by atoms with E-state index in [1.54, 1.807) is 7.11 Å². The van der Waals surface area contributed by atoms with E-state index in [0.717, 1.165) is 5.75 Å². The highest BCUT2D eigenvalue weighted by Crippen LogP contribution is 2.54. The molecule has 0 amide bonds. The lowest BCUT2D eigenvalue weighted by molar-refractivity contribution is -0.0495. The predicted octanol–water partition coefficient (Wildman–Crippen LogP) is 2.73. The molecule has 0 saturated carbocycles. The van der Waals surface area contributed by atoms with Gasteiger partial charge in [-0.25, -0.2) is 0 Å². The molecule has 1 aromatic carbocycles. The summed E-state index contributed by atoms with van der Waals surface area (Å²) in [5, 5.41) is 0. The van der Waals surface area contributed by atoms with Crippen LogP contribution in [0.3, 0.4) is 0 Å². The first-order chi connectivity index (χ1) is 7.07. The van der Waals surface area contributed by atoms with Crippen molar-refractivity contribution in [1.29, 1.82) is 0 Å². The summed E-state index contributed by atoms with van der Waals surface area (Å²) < 4.78 is 11.3. The van der Waals surface area contributed by atoms with E-state index in [0.29, 0.717) is 0 Å². The smallest absolute Gasteiger partial charge is 0.119 e. The van der Waals surface area contributed by atoms with Crippen LogP contribution in [0.5, 0.6) is 5.75 Å². The Kier molecular flexibility index (Phi) is 1.47. The molecule has 2 unspecified atom stereocenters. The minimum absolute atomic E-state index is 0.240. The van der Waals surface area contributed by atoms with E-state index in [4.69, 9.17) is 9.47 Å². The summed E-state index contributed by atoms with van der Waals surface area (Å²) in [5.41, 5.74) is 1.98. The van der Waals surface area contributed by atoms with Crippen LogP contribution in [0, 0.1) is 0 Å². The van der Waals surface area contributed by atoms with Gasteiger partial charge in [-0.1, -0.05) is 6.07 Å². The molecule has 2 heterocycles. The Balaban J connectivity index is 2.24. The maximum Gasteiger partial charge on any atom is 0.119 e. The van der Waals surface area contributed by atoms with Crippen molar-refractivity contribution in [3.05, 3.63) is 41.5 Å². The van der Waals surface area contributed by atoms with Gasteiger partial charge >= 0.3 is 0 Å². The van der Waals surface area contributed by atoms with Gasteiger partial charge in [0.25, 0.3) is 0 Å². The fraction of sp³-hybridized carbons (Fsp3) is 0.385. The molecule has 3 rings (SSSR count). The molecule has 0 saturated heterocycles. The highest BCUT2D eigenvalue weighted by Gasteiger charge is 2.50. The minimum Gasteiger partial charge on any atom is -0.497 e. The van der Waals surface area contributed by atoms with E-state index in [1.165, 1.54) is 11.1 Å². The highest BCUT2D eigenvalue weighted by molar-refractivity contribution is 5.52. The second-order valence-electron chi connectivity index (χ2n) is 4.56. The Hall–Kier alpha value is -1.28. The highest BCUT2D eigenvalue weighted by atomic mass is 16.5. The molecular formula is C13H14O2. The molecule has 2 nitrogen and oxygen atoms in total. The Morgan fingerprint density at radius 1 is 1.07 bits per heavy atom. The molecule has 2 bridgehead atoms. The normalized spacial score (nSPS) is 35.7. The zero-order chi connectivity index (χ0) is 10.7. The van der Waals surface area contributed by atoms with Gasteiger partial charge in [0.2, 0.25) is 0 Å². The van der Waals surface area contributed by atoms with Crippen molar-refractivity contribution in [2.75, 3.05) is 7.11 Å². The summed E-state index contributed by atoms with van der Waals surface area (Å²) >= 11 is 0. The van der Waals surface area contributed by atoms with Gasteiger partial charge < -0.3 is 9.47 Å². The van der Waals surface area contributed by atoms with Crippen molar-refractivity contribution in [2.45, 2.75) is 25.0 Å². The van der Waals surface area contributed by atoms with Gasteiger partial charge in [0.05, 0.1) is 7.11 Å². The fourth-order valence-electron chi connectivity index (χ4n) is 2.61. The Labute approximate surface area is 89.5 Å². The summed E-state index contributed by atoms with van der Waals surface area (Å²) in [4.78, 5) is 0. The van der Waals surface area contributed by atoms with Gasteiger partial charge in [-0.15, -0.1) is 0 Å². The SMILES string of the molecule is COc1ccc2c(c1)C1(C)C=CC2(C)O1. The first kappa shape index (κ1) is 8.98. The molecule has 78 valence electrons. The zero-order valence-electron chi connectivity index (χ0n) is 9.20. The lowest BCUT2D eigenvalue weighted by Gasteiger charge is -2.18. The van der Waals surface area contributed by atoms with Crippen LogP contribution in [0.15, 0.2) is 30.4 Å². The molecular weight excluding hydrogens is 188 g/mol. The van der Waals surface area contributed by atoms with Crippen LogP contribution in [0.2, 0.25) is 0 Å². The average molecular weight is 202 g/mol. The van der Waals surface area contributed by atoms with Gasteiger partial charge in [0, 0.05) is 0 Å². The lowest BCUT2D eigenvalue weighted by atomic mass is 9.83. The zero-order valence-corrected chi connectivity index (χ0v) is 9.20. The molecule has 0 fully saturated rings. The topological polar surface area (TPSA) is 18.5 Å². The molecule has 2 heteroatoms. The third-order valence-electron chi connectivity index (χ3n) is 3.44.